The Labute approximate surface area is 174 Å². The van der Waals surface area contributed by atoms with E-state index in [2.05, 4.69) is 12.1 Å². The first-order chi connectivity index (χ1) is 14.5. The molecule has 2 aromatic carbocycles. The van der Waals surface area contributed by atoms with Crippen LogP contribution >= 0.6 is 0 Å². The van der Waals surface area contributed by atoms with Crippen LogP contribution in [0.5, 0.6) is 0 Å². The number of rotatable bonds is 3. The maximum atomic E-state index is 12.8. The molecule has 30 heavy (non-hydrogen) atoms. The number of benzene rings is 2. The minimum absolute atomic E-state index is 0.126. The number of ether oxygens (including phenoxy) is 1. The average molecular weight is 397 g/mol. The van der Waals surface area contributed by atoms with Crippen LogP contribution in [0.25, 0.3) is 6.08 Å². The lowest BCUT2D eigenvalue weighted by Crippen LogP contribution is -2.36. The first-order valence-electron chi connectivity index (χ1n) is 9.54. The van der Waals surface area contributed by atoms with Crippen molar-refractivity contribution >= 4 is 17.8 Å². The van der Waals surface area contributed by atoms with Crippen LogP contribution in [-0.4, -0.2) is 29.8 Å². The van der Waals surface area contributed by atoms with E-state index in [4.69, 9.17) is 4.74 Å². The van der Waals surface area contributed by atoms with Crippen molar-refractivity contribution in [2.75, 3.05) is 7.11 Å². The van der Waals surface area contributed by atoms with Gasteiger partial charge in [0.15, 0.2) is 11.2 Å². The van der Waals surface area contributed by atoms with E-state index in [9.17, 15) is 20.1 Å². The molecular weight excluding hydrogens is 378 g/mol. The van der Waals surface area contributed by atoms with Gasteiger partial charge >= 0.3 is 5.97 Å². The Morgan fingerprint density at radius 2 is 1.73 bits per heavy atom. The quantitative estimate of drug-likeness (QED) is 0.735. The van der Waals surface area contributed by atoms with Gasteiger partial charge in [-0.15, -0.1) is 0 Å². The van der Waals surface area contributed by atoms with Gasteiger partial charge in [-0.2, -0.15) is 10.5 Å². The third-order valence-electron chi connectivity index (χ3n) is 6.05. The molecule has 2 aliphatic rings. The lowest BCUT2D eigenvalue weighted by atomic mass is 9.67. The fourth-order valence-corrected chi connectivity index (χ4v) is 4.77. The number of carbonyl (C=O) groups is 2. The minimum Gasteiger partial charge on any atom is -0.465 e. The van der Waals surface area contributed by atoms with E-state index in [1.54, 1.807) is 24.3 Å². The molecule has 3 atom stereocenters. The molecule has 0 N–H and O–H groups in total. The van der Waals surface area contributed by atoms with Gasteiger partial charge in [-0.25, -0.2) is 4.79 Å². The van der Waals surface area contributed by atoms with E-state index in [1.807, 2.05) is 41.4 Å². The molecule has 0 amide bonds. The van der Waals surface area contributed by atoms with Gasteiger partial charge in [0.2, 0.25) is 0 Å². The van der Waals surface area contributed by atoms with Crippen molar-refractivity contribution in [2.24, 2.45) is 5.41 Å². The van der Waals surface area contributed by atoms with Gasteiger partial charge in [0, 0.05) is 12.1 Å². The highest BCUT2D eigenvalue weighted by Crippen LogP contribution is 2.59. The van der Waals surface area contributed by atoms with Gasteiger partial charge in [-0.1, -0.05) is 36.4 Å². The van der Waals surface area contributed by atoms with Crippen LogP contribution in [0.3, 0.4) is 0 Å². The number of nitrogens with zero attached hydrogens (tertiary/aromatic N) is 3. The Morgan fingerprint density at radius 3 is 2.33 bits per heavy atom. The Bertz CT molecular complexity index is 1120. The van der Waals surface area contributed by atoms with E-state index in [1.165, 1.54) is 14.0 Å². The van der Waals surface area contributed by atoms with Crippen molar-refractivity contribution in [3.05, 3.63) is 77.0 Å². The van der Waals surface area contributed by atoms with Gasteiger partial charge in [-0.3, -0.25) is 4.79 Å². The number of fused-ring (bicyclic) bond motifs is 3. The number of hydrogen-bond donors (Lipinski definition) is 0. The van der Waals surface area contributed by atoms with Crippen molar-refractivity contribution in [2.45, 2.75) is 24.9 Å². The first kappa shape index (κ1) is 19.4. The summed E-state index contributed by atoms with van der Waals surface area (Å²) < 4.78 is 4.75. The highest BCUT2D eigenvalue weighted by atomic mass is 16.5. The van der Waals surface area contributed by atoms with Crippen LogP contribution in [0.2, 0.25) is 0 Å². The number of Topliss-reactive ketones (excluding diaryl/α,β-unsaturated/α-hetero) is 1. The molecule has 4 rings (SSSR count). The molecule has 0 aliphatic carbocycles. The Hall–Kier alpha value is -3.90. The highest BCUT2D eigenvalue weighted by molar-refractivity contribution is 5.89. The number of methoxy groups -OCH3 is 1. The lowest BCUT2D eigenvalue weighted by molar-refractivity contribution is -0.121. The van der Waals surface area contributed by atoms with Gasteiger partial charge in [0.05, 0.1) is 36.9 Å². The summed E-state index contributed by atoms with van der Waals surface area (Å²) in [6.07, 6.45) is 3.72. The van der Waals surface area contributed by atoms with Crippen LogP contribution in [0.4, 0.5) is 0 Å². The van der Waals surface area contributed by atoms with Crippen molar-refractivity contribution in [1.29, 1.82) is 10.5 Å². The summed E-state index contributed by atoms with van der Waals surface area (Å²) in [6.45, 7) is 1.48. The molecule has 2 aromatic rings. The van der Waals surface area contributed by atoms with E-state index in [-0.39, 0.29) is 5.78 Å². The maximum Gasteiger partial charge on any atom is 0.337 e. The van der Waals surface area contributed by atoms with Gasteiger partial charge in [0.25, 0.3) is 0 Å². The molecule has 0 radical (unpaired) electrons. The number of hydrogen-bond acceptors (Lipinski definition) is 6. The third-order valence-corrected chi connectivity index (χ3v) is 6.05. The molecule has 2 heterocycles. The standard InChI is InChI=1S/C24H19N3O3/c1-15(28)21-20(17-7-9-18(10-8-17)23(29)30-2)24(13-25,14-26)22-19-6-4-3-5-16(19)11-12-27(21)22/h3-12,20-22H,1-2H3/t20-,21+,22+/m0/s1. The zero-order valence-corrected chi connectivity index (χ0v) is 16.6. The van der Waals surface area contributed by atoms with E-state index >= 15 is 0 Å². The normalized spacial score (nSPS) is 22.9. The fraction of sp³-hybridized carbons (Fsp3) is 0.250. The Kier molecular flexibility index (Phi) is 4.64. The molecule has 0 bridgehead atoms. The van der Waals surface area contributed by atoms with Crippen molar-refractivity contribution in [3.63, 3.8) is 0 Å². The van der Waals surface area contributed by atoms with Crippen LogP contribution in [0.1, 0.15) is 45.9 Å². The predicted molar refractivity (Wildman–Crippen MR) is 109 cm³/mol. The highest BCUT2D eigenvalue weighted by Gasteiger charge is 2.63. The molecule has 0 saturated carbocycles. The van der Waals surface area contributed by atoms with Crippen LogP contribution in [0.15, 0.2) is 54.7 Å². The van der Waals surface area contributed by atoms with Crippen LogP contribution in [-0.2, 0) is 9.53 Å². The van der Waals surface area contributed by atoms with E-state index in [0.29, 0.717) is 11.1 Å². The van der Waals surface area contributed by atoms with Crippen LogP contribution in [0, 0.1) is 28.1 Å². The van der Waals surface area contributed by atoms with Crippen molar-refractivity contribution in [1.82, 2.24) is 4.90 Å². The molecular formula is C24H19N3O3. The molecule has 2 aliphatic heterocycles. The number of esters is 1. The fourth-order valence-electron chi connectivity index (χ4n) is 4.77. The number of nitriles is 2. The van der Waals surface area contributed by atoms with Crippen molar-refractivity contribution in [3.8, 4) is 12.1 Å². The second kappa shape index (κ2) is 7.17. The summed E-state index contributed by atoms with van der Waals surface area (Å²) in [7, 11) is 1.30. The summed E-state index contributed by atoms with van der Waals surface area (Å²) in [5.41, 5.74) is 1.32. The zero-order valence-electron chi connectivity index (χ0n) is 16.6. The molecule has 148 valence electrons. The summed E-state index contributed by atoms with van der Waals surface area (Å²) in [4.78, 5) is 26.4. The number of carbonyl (C=O) groups excluding carboxylic acids is 2. The molecule has 1 saturated heterocycles. The first-order valence-corrected chi connectivity index (χ1v) is 9.54. The summed E-state index contributed by atoms with van der Waals surface area (Å²) in [5, 5.41) is 20.6. The largest absolute Gasteiger partial charge is 0.465 e. The lowest BCUT2D eigenvalue weighted by Gasteiger charge is -2.34. The molecule has 6 nitrogen and oxygen atoms in total. The summed E-state index contributed by atoms with van der Waals surface area (Å²) in [5.74, 6) is -1.28. The topological polar surface area (TPSA) is 94.2 Å². The second-order valence-corrected chi connectivity index (χ2v) is 7.53. The van der Waals surface area contributed by atoms with Gasteiger partial charge < -0.3 is 9.64 Å². The minimum atomic E-state index is -1.48. The monoisotopic (exact) mass is 397 g/mol. The second-order valence-electron chi connectivity index (χ2n) is 7.53. The average Bonchev–Trinajstić information content (AvgIpc) is 3.10. The third kappa shape index (κ3) is 2.62. The smallest absolute Gasteiger partial charge is 0.337 e. The molecule has 1 fully saturated rings. The summed E-state index contributed by atoms with van der Waals surface area (Å²) in [6, 6.07) is 17.5. The summed E-state index contributed by atoms with van der Waals surface area (Å²) >= 11 is 0. The van der Waals surface area contributed by atoms with E-state index < -0.39 is 29.4 Å². The Morgan fingerprint density at radius 1 is 1.07 bits per heavy atom. The molecule has 6 heteroatoms. The Balaban J connectivity index is 1.92. The van der Waals surface area contributed by atoms with Gasteiger partial charge in [0.1, 0.15) is 0 Å². The van der Waals surface area contributed by atoms with Crippen LogP contribution < -0.4 is 0 Å². The van der Waals surface area contributed by atoms with Gasteiger partial charge in [-0.05, 0) is 41.8 Å². The molecule has 0 spiro atoms. The zero-order chi connectivity index (χ0) is 21.5. The molecule has 0 unspecified atom stereocenters. The van der Waals surface area contributed by atoms with E-state index in [0.717, 1.165) is 11.1 Å². The maximum absolute atomic E-state index is 12.8. The SMILES string of the molecule is COC(=O)c1ccc([C@H]2[C@@H](C(C)=O)N3C=Cc4ccccc4[C@@H]3C2(C#N)C#N)cc1. The number of ketones is 1. The van der Waals surface area contributed by atoms with Crippen molar-refractivity contribution < 1.29 is 14.3 Å². The molecule has 0 aromatic heterocycles. The predicted octanol–water partition coefficient (Wildman–Crippen LogP) is 3.59.